The monoisotopic (exact) mass is 454 g/mol. The maximum Gasteiger partial charge on any atom is 0.331 e. The van der Waals surface area contributed by atoms with E-state index in [9.17, 15) is 14.4 Å². The number of benzene rings is 1. The minimum Gasteiger partial charge on any atom is -0.361 e. The van der Waals surface area contributed by atoms with E-state index in [0.717, 1.165) is 31.0 Å². The Labute approximate surface area is 188 Å². The Bertz CT molecular complexity index is 1440. The van der Waals surface area contributed by atoms with Gasteiger partial charge < -0.3 is 4.98 Å². The van der Waals surface area contributed by atoms with E-state index in [4.69, 9.17) is 4.84 Å². The molecule has 32 heavy (non-hydrogen) atoms. The molecule has 3 heterocycles. The Balaban J connectivity index is 2.03. The summed E-state index contributed by atoms with van der Waals surface area (Å²) < 4.78 is 2.69. The van der Waals surface area contributed by atoms with Gasteiger partial charge in [0, 0.05) is 49.0 Å². The maximum atomic E-state index is 13.3. The lowest BCUT2D eigenvalue weighted by molar-refractivity contribution is -0.0756. The van der Waals surface area contributed by atoms with Gasteiger partial charge in [-0.15, -0.1) is 11.3 Å². The Morgan fingerprint density at radius 1 is 1.25 bits per heavy atom. The molecule has 0 saturated heterocycles. The van der Waals surface area contributed by atoms with Crippen LogP contribution < -0.4 is 11.2 Å². The number of nitrogens with zero attached hydrogens (tertiary/aromatic N) is 3. The van der Waals surface area contributed by atoms with Crippen LogP contribution in [-0.4, -0.2) is 39.2 Å². The number of thiophene rings is 1. The summed E-state index contributed by atoms with van der Waals surface area (Å²) in [4.78, 5) is 49.1. The number of carbonyl (C=O) groups excluding carboxylic acids is 1. The van der Waals surface area contributed by atoms with E-state index in [0.29, 0.717) is 17.8 Å². The summed E-state index contributed by atoms with van der Waals surface area (Å²) in [7, 11) is 4.36. The molecule has 0 spiro atoms. The lowest BCUT2D eigenvalue weighted by Gasteiger charge is -2.15. The minimum atomic E-state index is -0.473. The molecule has 0 bridgehead atoms. The van der Waals surface area contributed by atoms with Gasteiger partial charge in [-0.2, -0.15) is 0 Å². The summed E-state index contributed by atoms with van der Waals surface area (Å²) >= 11 is 1.33. The molecular weight excluding hydrogens is 428 g/mol. The number of H-pyrrole nitrogens is 1. The molecule has 4 aromatic rings. The number of amides is 1. The van der Waals surface area contributed by atoms with Crippen LogP contribution in [0.25, 0.3) is 21.1 Å². The van der Waals surface area contributed by atoms with Crippen molar-refractivity contribution in [3.8, 4) is 0 Å². The van der Waals surface area contributed by atoms with Gasteiger partial charge >= 0.3 is 5.69 Å². The average molecular weight is 455 g/mol. The zero-order valence-corrected chi connectivity index (χ0v) is 19.6. The van der Waals surface area contributed by atoms with Crippen molar-refractivity contribution in [2.75, 3.05) is 14.2 Å². The highest BCUT2D eigenvalue weighted by Crippen LogP contribution is 2.33. The average Bonchev–Trinajstić information content (AvgIpc) is 3.36. The van der Waals surface area contributed by atoms with E-state index in [1.165, 1.54) is 32.5 Å². The van der Waals surface area contributed by atoms with E-state index < -0.39 is 11.5 Å². The van der Waals surface area contributed by atoms with E-state index in [1.54, 1.807) is 4.57 Å². The van der Waals surface area contributed by atoms with Crippen molar-refractivity contribution in [2.24, 2.45) is 13.0 Å². The number of hydroxylamine groups is 2. The Morgan fingerprint density at radius 3 is 2.66 bits per heavy atom. The lowest BCUT2D eigenvalue weighted by Crippen LogP contribution is -2.39. The summed E-state index contributed by atoms with van der Waals surface area (Å²) in [5.74, 6) is -0.228. The molecule has 0 fully saturated rings. The van der Waals surface area contributed by atoms with Crippen LogP contribution in [0, 0.1) is 5.92 Å². The third-order valence-electron chi connectivity index (χ3n) is 5.59. The van der Waals surface area contributed by atoms with Gasteiger partial charge in [0.15, 0.2) is 0 Å². The third kappa shape index (κ3) is 3.57. The predicted octanol–water partition coefficient (Wildman–Crippen LogP) is 3.12. The van der Waals surface area contributed by atoms with Crippen LogP contribution >= 0.6 is 11.3 Å². The molecule has 0 atom stereocenters. The van der Waals surface area contributed by atoms with Crippen molar-refractivity contribution >= 4 is 38.4 Å². The first-order valence-electron chi connectivity index (χ1n) is 10.4. The van der Waals surface area contributed by atoms with Crippen molar-refractivity contribution in [2.45, 2.75) is 26.8 Å². The van der Waals surface area contributed by atoms with Crippen molar-refractivity contribution in [3.05, 3.63) is 67.3 Å². The Hall–Kier alpha value is -3.17. The number of aromatic amines is 1. The van der Waals surface area contributed by atoms with Gasteiger partial charge in [0.05, 0.1) is 18.1 Å². The molecule has 0 unspecified atom stereocenters. The zero-order chi connectivity index (χ0) is 23.2. The molecule has 1 N–H and O–H groups in total. The smallest absolute Gasteiger partial charge is 0.331 e. The van der Waals surface area contributed by atoms with Crippen molar-refractivity contribution in [3.63, 3.8) is 0 Å². The molecule has 0 aliphatic rings. The minimum absolute atomic E-state index is 0.188. The highest BCUT2D eigenvalue weighted by atomic mass is 32.1. The largest absolute Gasteiger partial charge is 0.361 e. The van der Waals surface area contributed by atoms with Crippen LogP contribution in [-0.2, 0) is 24.9 Å². The van der Waals surface area contributed by atoms with Crippen LogP contribution in [0.4, 0.5) is 0 Å². The zero-order valence-electron chi connectivity index (χ0n) is 18.8. The molecule has 4 rings (SSSR count). The van der Waals surface area contributed by atoms with Crippen LogP contribution in [0.3, 0.4) is 0 Å². The second-order valence-corrected chi connectivity index (χ2v) is 9.34. The van der Waals surface area contributed by atoms with E-state index in [1.807, 2.05) is 44.3 Å². The molecule has 168 valence electrons. The molecule has 3 aromatic heterocycles. The number of hydrogen-bond donors (Lipinski definition) is 1. The fourth-order valence-corrected chi connectivity index (χ4v) is 5.25. The van der Waals surface area contributed by atoms with Gasteiger partial charge in [0.1, 0.15) is 4.83 Å². The molecule has 8 nitrogen and oxygen atoms in total. The summed E-state index contributed by atoms with van der Waals surface area (Å²) in [5.41, 5.74) is 1.45. The lowest BCUT2D eigenvalue weighted by atomic mass is 10.0. The van der Waals surface area contributed by atoms with Gasteiger partial charge in [-0.05, 0) is 17.5 Å². The number of fused-ring (bicyclic) bond motifs is 2. The van der Waals surface area contributed by atoms with Gasteiger partial charge in [-0.25, -0.2) is 9.86 Å². The molecule has 0 radical (unpaired) electrons. The van der Waals surface area contributed by atoms with Gasteiger partial charge in [-0.3, -0.25) is 23.6 Å². The molecular formula is C23H26N4O4S. The Kier molecular flexibility index (Phi) is 5.79. The first-order valence-corrected chi connectivity index (χ1v) is 11.2. The highest BCUT2D eigenvalue weighted by molar-refractivity contribution is 7.19. The highest BCUT2D eigenvalue weighted by Gasteiger charge is 2.28. The number of para-hydroxylation sites is 1. The molecule has 0 aliphatic heterocycles. The normalized spacial score (nSPS) is 11.7. The van der Waals surface area contributed by atoms with Crippen molar-refractivity contribution in [1.29, 1.82) is 0 Å². The first-order chi connectivity index (χ1) is 15.2. The molecule has 1 aromatic carbocycles. The molecule has 0 aliphatic carbocycles. The third-order valence-corrected chi connectivity index (χ3v) is 6.80. The number of rotatable bonds is 6. The fraction of sp³-hybridized carbons (Fsp3) is 0.348. The van der Waals surface area contributed by atoms with Crippen LogP contribution in [0.2, 0.25) is 0 Å². The number of aromatic nitrogens is 3. The van der Waals surface area contributed by atoms with Crippen LogP contribution in [0.15, 0.2) is 40.1 Å². The van der Waals surface area contributed by atoms with E-state index in [2.05, 4.69) is 4.98 Å². The molecule has 0 saturated carbocycles. The quantitative estimate of drug-likeness (QED) is 0.454. The number of nitrogens with one attached hydrogen (secondary N) is 1. The van der Waals surface area contributed by atoms with Gasteiger partial charge in [0.2, 0.25) is 0 Å². The number of hydrogen-bond acceptors (Lipinski definition) is 5. The number of carbonyl (C=O) groups is 1. The Morgan fingerprint density at radius 2 is 1.97 bits per heavy atom. The van der Waals surface area contributed by atoms with Crippen molar-refractivity contribution < 1.29 is 9.63 Å². The fourth-order valence-electron chi connectivity index (χ4n) is 3.94. The molecule has 1 amide bonds. The summed E-state index contributed by atoms with van der Waals surface area (Å²) in [6, 6.07) is 7.93. The second-order valence-electron chi connectivity index (χ2n) is 8.25. The SMILES string of the molecule is CON(C)C(=O)c1c(Cc2c[nH]c3ccccc23)sc2c1c(=O)n(C)c(=O)n2CC(C)C. The predicted molar refractivity (Wildman–Crippen MR) is 126 cm³/mol. The maximum absolute atomic E-state index is 13.3. The van der Waals surface area contributed by atoms with Crippen molar-refractivity contribution in [1.82, 2.24) is 19.2 Å². The van der Waals surface area contributed by atoms with Crippen LogP contribution in [0.5, 0.6) is 0 Å². The first kappa shape index (κ1) is 22.0. The summed E-state index contributed by atoms with van der Waals surface area (Å²) in [6.45, 7) is 4.47. The summed E-state index contributed by atoms with van der Waals surface area (Å²) in [5, 5.41) is 2.43. The van der Waals surface area contributed by atoms with E-state index in [-0.39, 0.29) is 22.6 Å². The van der Waals surface area contributed by atoms with E-state index >= 15 is 0 Å². The topological polar surface area (TPSA) is 89.3 Å². The summed E-state index contributed by atoms with van der Waals surface area (Å²) in [6.07, 6.45) is 2.36. The van der Waals surface area contributed by atoms with Crippen LogP contribution in [0.1, 0.15) is 34.6 Å². The van der Waals surface area contributed by atoms with Gasteiger partial charge in [0.25, 0.3) is 11.5 Å². The standard InChI is InChI=1S/C23H26N4O4S/c1-13(2)12-27-22-19(20(28)25(3)23(27)30)18(21(29)26(4)31-5)17(32-22)10-14-11-24-16-9-7-6-8-15(14)16/h6-9,11,13,24H,10,12H2,1-5H3. The molecule has 9 heteroatoms. The van der Waals surface area contributed by atoms with Gasteiger partial charge in [-0.1, -0.05) is 32.0 Å². The second kappa shape index (κ2) is 8.40.